The van der Waals surface area contributed by atoms with E-state index in [9.17, 15) is 19.8 Å². The van der Waals surface area contributed by atoms with Gasteiger partial charge < -0.3 is 19.8 Å². The van der Waals surface area contributed by atoms with Crippen molar-refractivity contribution in [2.24, 2.45) is 0 Å². The third-order valence-corrected chi connectivity index (χ3v) is 7.63. The number of carbonyl (C=O) groups excluding carboxylic acids is 2. The molecule has 0 amide bonds. The standard InChI is InChI=1S/C18H36O2.C18H34O2.K.Na/c2*1-2-3-4-5-6-7-8-9-10-11-12-13-14-15-16-17-18(19)20;;/h2-17H2,1H3,(H,19,20);9-10H,2-8,11-17H2,1H3,(H,19,20);;/q;;2*+1/p-2/b;10-9-;;. The number of aliphatic carboxylic acids is 2. The molecule has 0 unspecified atom stereocenters. The molecule has 238 valence electrons. The molecule has 0 bridgehead atoms. The molecule has 0 rings (SSSR count). The molecule has 0 aromatic heterocycles. The Morgan fingerprint density at radius 1 is 0.405 bits per heavy atom. The fraction of sp³-hybridized carbons (Fsp3) is 0.889. The third-order valence-electron chi connectivity index (χ3n) is 7.63. The van der Waals surface area contributed by atoms with Crippen molar-refractivity contribution in [2.45, 2.75) is 206 Å². The van der Waals surface area contributed by atoms with Crippen LogP contribution in [-0.4, -0.2) is 11.9 Å². The number of hydrogen-bond donors (Lipinski definition) is 0. The molecule has 0 aromatic rings. The molecule has 0 radical (unpaired) electrons. The molecule has 0 atom stereocenters. The van der Waals surface area contributed by atoms with Gasteiger partial charge in [0.05, 0.1) is 0 Å². The Morgan fingerprint density at radius 2 is 0.619 bits per heavy atom. The normalized spacial score (nSPS) is 10.5. The number of carbonyl (C=O) groups is 2. The van der Waals surface area contributed by atoms with E-state index in [0.717, 1.165) is 32.1 Å². The van der Waals surface area contributed by atoms with Gasteiger partial charge >= 0.3 is 80.9 Å². The van der Waals surface area contributed by atoms with E-state index in [0.29, 0.717) is 0 Å². The average molecular weight is 627 g/mol. The van der Waals surface area contributed by atoms with Gasteiger partial charge in [0.15, 0.2) is 0 Å². The van der Waals surface area contributed by atoms with Gasteiger partial charge in [-0.3, -0.25) is 0 Å². The summed E-state index contributed by atoms with van der Waals surface area (Å²) in [4.78, 5) is 20.4. The molecule has 0 saturated heterocycles. The number of hydrogen-bond acceptors (Lipinski definition) is 4. The average Bonchev–Trinajstić information content (AvgIpc) is 2.93. The summed E-state index contributed by atoms with van der Waals surface area (Å²) in [5.74, 6) is -1.82. The van der Waals surface area contributed by atoms with E-state index >= 15 is 0 Å². The van der Waals surface area contributed by atoms with Crippen molar-refractivity contribution < 1.29 is 101 Å². The summed E-state index contributed by atoms with van der Waals surface area (Å²) in [6.07, 6.45) is 40.8. The minimum atomic E-state index is -0.914. The minimum absolute atomic E-state index is 0. The van der Waals surface area contributed by atoms with Crippen LogP contribution in [0.5, 0.6) is 0 Å². The third kappa shape index (κ3) is 53.8. The first-order valence-electron chi connectivity index (χ1n) is 17.6. The number of carboxylic acids is 2. The van der Waals surface area contributed by atoms with Crippen molar-refractivity contribution in [3.63, 3.8) is 0 Å². The molecule has 0 aromatic carbocycles. The van der Waals surface area contributed by atoms with Crippen molar-refractivity contribution in [3.8, 4) is 0 Å². The predicted molar refractivity (Wildman–Crippen MR) is 169 cm³/mol. The molecule has 6 heteroatoms. The molecule has 0 saturated carbocycles. The van der Waals surface area contributed by atoms with Crippen LogP contribution in [-0.2, 0) is 9.59 Å². The summed E-state index contributed by atoms with van der Waals surface area (Å²) in [5, 5.41) is 20.4. The van der Waals surface area contributed by atoms with Crippen LogP contribution in [0.1, 0.15) is 206 Å². The van der Waals surface area contributed by atoms with Crippen LogP contribution in [0.25, 0.3) is 0 Å². The maximum Gasteiger partial charge on any atom is 1.00 e. The van der Waals surface area contributed by atoms with E-state index in [2.05, 4.69) is 26.0 Å². The number of rotatable bonds is 31. The van der Waals surface area contributed by atoms with E-state index in [4.69, 9.17) is 0 Å². The molecule has 0 heterocycles. The monoisotopic (exact) mass is 626 g/mol. The largest absolute Gasteiger partial charge is 1.00 e. The first-order chi connectivity index (χ1) is 19.5. The fourth-order valence-corrected chi connectivity index (χ4v) is 4.98. The van der Waals surface area contributed by atoms with Crippen molar-refractivity contribution in [3.05, 3.63) is 12.2 Å². The molecule has 42 heavy (non-hydrogen) atoms. The zero-order chi connectivity index (χ0) is 29.8. The van der Waals surface area contributed by atoms with Crippen molar-refractivity contribution in [1.29, 1.82) is 0 Å². The SMILES string of the molecule is CCCCCCCC/C=C\CCCCCCCC(=O)[O-].CCCCCCCCCCCCCCCCCC(=O)[O-].[K+].[Na+]. The topological polar surface area (TPSA) is 80.3 Å². The second-order valence-electron chi connectivity index (χ2n) is 11.8. The Balaban J connectivity index is -0.000000328. The van der Waals surface area contributed by atoms with Gasteiger partial charge in [-0.05, 0) is 51.4 Å². The summed E-state index contributed by atoms with van der Waals surface area (Å²) >= 11 is 0. The molecule has 0 spiro atoms. The summed E-state index contributed by atoms with van der Waals surface area (Å²) in [6, 6.07) is 0. The summed E-state index contributed by atoms with van der Waals surface area (Å²) in [6.45, 7) is 4.52. The van der Waals surface area contributed by atoms with Crippen molar-refractivity contribution in [1.82, 2.24) is 0 Å². The van der Waals surface area contributed by atoms with Gasteiger partial charge in [-0.2, -0.15) is 0 Å². The van der Waals surface area contributed by atoms with Gasteiger partial charge in [0, 0.05) is 11.9 Å². The van der Waals surface area contributed by atoms with E-state index < -0.39 is 11.9 Å². The van der Waals surface area contributed by atoms with Crippen LogP contribution >= 0.6 is 0 Å². The maximum atomic E-state index is 10.2. The molecule has 0 aliphatic heterocycles. The van der Waals surface area contributed by atoms with Crippen LogP contribution in [0.3, 0.4) is 0 Å². The van der Waals surface area contributed by atoms with Crippen LogP contribution in [0.4, 0.5) is 0 Å². The van der Waals surface area contributed by atoms with Crippen molar-refractivity contribution >= 4 is 11.9 Å². The van der Waals surface area contributed by atoms with Gasteiger partial charge in [-0.25, -0.2) is 0 Å². The van der Waals surface area contributed by atoms with Crippen LogP contribution < -0.4 is 91.2 Å². The van der Waals surface area contributed by atoms with Crippen molar-refractivity contribution in [2.75, 3.05) is 0 Å². The first-order valence-corrected chi connectivity index (χ1v) is 17.6. The second kappa shape index (κ2) is 46.7. The second-order valence-corrected chi connectivity index (χ2v) is 11.8. The van der Waals surface area contributed by atoms with E-state index in [-0.39, 0.29) is 93.8 Å². The molecule has 0 N–H and O–H groups in total. The Bertz CT molecular complexity index is 542. The smallest absolute Gasteiger partial charge is 0.550 e. The van der Waals surface area contributed by atoms with Gasteiger partial charge in [0.25, 0.3) is 0 Å². The Hall–Kier alpha value is 1.32. The summed E-state index contributed by atoms with van der Waals surface area (Å²) < 4.78 is 0. The molecule has 4 nitrogen and oxygen atoms in total. The molecular weight excluding hydrogens is 558 g/mol. The Kier molecular flexibility index (Phi) is 55.8. The van der Waals surface area contributed by atoms with E-state index in [1.165, 1.54) is 148 Å². The van der Waals surface area contributed by atoms with E-state index in [1.807, 2.05) is 0 Å². The zero-order valence-corrected chi connectivity index (χ0v) is 34.1. The Morgan fingerprint density at radius 3 is 0.857 bits per heavy atom. The zero-order valence-electron chi connectivity index (χ0n) is 29.0. The van der Waals surface area contributed by atoms with Crippen LogP contribution in [0, 0.1) is 0 Å². The Labute approximate surface area is 327 Å². The number of allylic oxidation sites excluding steroid dienone is 2. The molecule has 0 aliphatic carbocycles. The summed E-state index contributed by atoms with van der Waals surface area (Å²) in [5.41, 5.74) is 0. The number of carboxylic acid groups (broad SMARTS) is 2. The molecular formula is C36H68KNaO4. The van der Waals surface area contributed by atoms with Gasteiger partial charge in [0.1, 0.15) is 0 Å². The van der Waals surface area contributed by atoms with Crippen LogP contribution in [0.2, 0.25) is 0 Å². The molecule has 0 fully saturated rings. The quantitative estimate of drug-likeness (QED) is 0.0667. The van der Waals surface area contributed by atoms with Gasteiger partial charge in [-0.1, -0.05) is 167 Å². The first kappa shape index (κ1) is 50.2. The fourth-order valence-electron chi connectivity index (χ4n) is 4.98. The van der Waals surface area contributed by atoms with Gasteiger partial charge in [-0.15, -0.1) is 0 Å². The minimum Gasteiger partial charge on any atom is -0.550 e. The predicted octanol–water partition coefficient (Wildman–Crippen LogP) is 3.78. The van der Waals surface area contributed by atoms with Gasteiger partial charge in [0.2, 0.25) is 0 Å². The van der Waals surface area contributed by atoms with Crippen LogP contribution in [0.15, 0.2) is 12.2 Å². The number of unbranched alkanes of at least 4 members (excludes halogenated alkanes) is 25. The summed E-state index contributed by atoms with van der Waals surface area (Å²) in [7, 11) is 0. The van der Waals surface area contributed by atoms with E-state index in [1.54, 1.807) is 0 Å². The molecule has 0 aliphatic rings. The maximum absolute atomic E-state index is 10.2.